The molecule has 0 saturated carbocycles. The molecule has 1 amide bonds. The van der Waals surface area contributed by atoms with Gasteiger partial charge in [-0.15, -0.1) is 0 Å². The summed E-state index contributed by atoms with van der Waals surface area (Å²) in [6.45, 7) is 9.26. The summed E-state index contributed by atoms with van der Waals surface area (Å²) in [6.07, 6.45) is 0. The predicted molar refractivity (Wildman–Crippen MR) is 117 cm³/mol. The first kappa shape index (κ1) is 20.8. The van der Waals surface area contributed by atoms with Crippen LogP contribution in [0.1, 0.15) is 12.5 Å². The number of carbonyl (C=O) groups excluding carboxylic acids is 1. The molecule has 2 aromatic rings. The number of amides is 1. The van der Waals surface area contributed by atoms with Gasteiger partial charge >= 0.3 is 0 Å². The minimum Gasteiger partial charge on any atom is -0.492 e. The summed E-state index contributed by atoms with van der Waals surface area (Å²) in [5.41, 5.74) is 1.98. The van der Waals surface area contributed by atoms with Crippen LogP contribution in [-0.4, -0.2) is 61.1 Å². The van der Waals surface area contributed by atoms with E-state index in [1.807, 2.05) is 62.4 Å². The molecule has 1 heterocycles. The van der Waals surface area contributed by atoms with Crippen molar-refractivity contribution in [2.75, 3.05) is 44.6 Å². The van der Waals surface area contributed by atoms with Gasteiger partial charge in [0.25, 0.3) is 0 Å². The normalized spacial score (nSPS) is 16.5. The highest BCUT2D eigenvalue weighted by Crippen LogP contribution is 2.24. The van der Waals surface area contributed by atoms with Crippen molar-refractivity contribution in [3.63, 3.8) is 0 Å². The molecule has 5 nitrogen and oxygen atoms in total. The summed E-state index contributed by atoms with van der Waals surface area (Å²) >= 11 is 3.52. The molecule has 2 aromatic carbocycles. The van der Waals surface area contributed by atoms with Crippen LogP contribution in [0.25, 0.3) is 0 Å². The van der Waals surface area contributed by atoms with E-state index in [9.17, 15) is 4.79 Å². The predicted octanol–water partition coefficient (Wildman–Crippen LogP) is 3.78. The lowest BCUT2D eigenvalue weighted by Crippen LogP contribution is -2.53. The lowest BCUT2D eigenvalue weighted by Gasteiger charge is -2.37. The van der Waals surface area contributed by atoms with Gasteiger partial charge < -0.3 is 10.1 Å². The molecular formula is C22H28BrN3O2. The number of piperazine rings is 1. The molecule has 28 heavy (non-hydrogen) atoms. The van der Waals surface area contributed by atoms with Crippen molar-refractivity contribution in [1.29, 1.82) is 0 Å². The quantitative estimate of drug-likeness (QED) is 0.703. The number of rotatable bonds is 7. The van der Waals surface area contributed by atoms with E-state index >= 15 is 0 Å². The van der Waals surface area contributed by atoms with E-state index < -0.39 is 0 Å². The highest BCUT2D eigenvalue weighted by molar-refractivity contribution is 9.10. The van der Waals surface area contributed by atoms with Crippen LogP contribution in [0.2, 0.25) is 0 Å². The Kier molecular flexibility index (Phi) is 7.48. The summed E-state index contributed by atoms with van der Waals surface area (Å²) in [6, 6.07) is 15.7. The number of hydrogen-bond donors (Lipinski definition) is 1. The highest BCUT2D eigenvalue weighted by atomic mass is 79.9. The Morgan fingerprint density at radius 1 is 1.14 bits per heavy atom. The maximum Gasteiger partial charge on any atom is 0.241 e. The van der Waals surface area contributed by atoms with Gasteiger partial charge in [0.2, 0.25) is 5.91 Å². The smallest absolute Gasteiger partial charge is 0.241 e. The first-order valence-corrected chi connectivity index (χ1v) is 10.5. The van der Waals surface area contributed by atoms with E-state index in [0.29, 0.717) is 6.61 Å². The van der Waals surface area contributed by atoms with Crippen LogP contribution in [0.15, 0.2) is 53.0 Å². The van der Waals surface area contributed by atoms with Gasteiger partial charge in [0.05, 0.1) is 11.7 Å². The van der Waals surface area contributed by atoms with E-state index in [-0.39, 0.29) is 11.9 Å². The Morgan fingerprint density at radius 2 is 1.86 bits per heavy atom. The molecule has 1 fully saturated rings. The number of anilines is 1. The van der Waals surface area contributed by atoms with E-state index in [1.54, 1.807) is 0 Å². The third kappa shape index (κ3) is 5.80. The van der Waals surface area contributed by atoms with Crippen LogP contribution in [0, 0.1) is 6.92 Å². The van der Waals surface area contributed by atoms with Gasteiger partial charge in [-0.3, -0.25) is 14.6 Å². The Hall–Kier alpha value is -1.89. The zero-order valence-corrected chi connectivity index (χ0v) is 18.1. The highest BCUT2D eigenvalue weighted by Gasteiger charge is 2.25. The maximum absolute atomic E-state index is 12.7. The molecule has 0 aliphatic carbocycles. The van der Waals surface area contributed by atoms with Crippen molar-refractivity contribution in [2.24, 2.45) is 0 Å². The fraction of sp³-hybridized carbons (Fsp3) is 0.409. The minimum atomic E-state index is -0.157. The summed E-state index contributed by atoms with van der Waals surface area (Å²) in [5, 5.41) is 3.04. The topological polar surface area (TPSA) is 44.8 Å². The van der Waals surface area contributed by atoms with Gasteiger partial charge in [-0.1, -0.05) is 24.3 Å². The monoisotopic (exact) mass is 445 g/mol. The molecule has 1 saturated heterocycles. The second-order valence-corrected chi connectivity index (χ2v) is 8.04. The fourth-order valence-corrected chi connectivity index (χ4v) is 3.90. The van der Waals surface area contributed by atoms with Gasteiger partial charge in [0.1, 0.15) is 12.4 Å². The summed E-state index contributed by atoms with van der Waals surface area (Å²) < 4.78 is 6.70. The molecule has 0 spiro atoms. The number of carbonyl (C=O) groups is 1. The van der Waals surface area contributed by atoms with E-state index in [2.05, 4.69) is 31.0 Å². The Morgan fingerprint density at radius 3 is 2.54 bits per heavy atom. The molecule has 1 atom stereocenters. The van der Waals surface area contributed by atoms with Gasteiger partial charge in [-0.05, 0) is 59.6 Å². The first-order valence-electron chi connectivity index (χ1n) is 9.74. The standard InChI is InChI=1S/C22H28BrN3O2/c1-17-8-9-21(20(23)16-17)24-22(27)18(2)26-12-10-25(11-13-26)14-15-28-19-6-4-3-5-7-19/h3-9,16,18H,10-15H2,1-2H3,(H,24,27). The molecule has 0 bridgehead atoms. The van der Waals surface area contributed by atoms with E-state index in [4.69, 9.17) is 4.74 Å². The molecule has 0 aromatic heterocycles. The average molecular weight is 446 g/mol. The van der Waals surface area contributed by atoms with Gasteiger partial charge in [0, 0.05) is 37.2 Å². The summed E-state index contributed by atoms with van der Waals surface area (Å²) in [5.74, 6) is 0.944. The number of halogens is 1. The van der Waals surface area contributed by atoms with Crippen LogP contribution in [0.5, 0.6) is 5.75 Å². The maximum atomic E-state index is 12.7. The van der Waals surface area contributed by atoms with Crippen molar-refractivity contribution in [2.45, 2.75) is 19.9 Å². The molecule has 3 rings (SSSR count). The molecule has 0 radical (unpaired) electrons. The summed E-state index contributed by atoms with van der Waals surface area (Å²) in [7, 11) is 0. The number of ether oxygens (including phenoxy) is 1. The van der Waals surface area contributed by atoms with Crippen molar-refractivity contribution < 1.29 is 9.53 Å². The number of aryl methyl sites for hydroxylation is 1. The zero-order valence-electron chi connectivity index (χ0n) is 16.5. The number of nitrogens with one attached hydrogen (secondary N) is 1. The molecule has 1 aliphatic rings. The lowest BCUT2D eigenvalue weighted by molar-refractivity contribution is -0.121. The van der Waals surface area contributed by atoms with Crippen LogP contribution in [0.3, 0.4) is 0 Å². The Bertz CT molecular complexity index is 777. The molecule has 6 heteroatoms. The van der Waals surface area contributed by atoms with Crippen molar-refractivity contribution in [3.8, 4) is 5.75 Å². The first-order chi connectivity index (χ1) is 13.5. The third-order valence-electron chi connectivity index (χ3n) is 5.14. The number of benzene rings is 2. The van der Waals surface area contributed by atoms with Crippen LogP contribution in [0.4, 0.5) is 5.69 Å². The van der Waals surface area contributed by atoms with Crippen LogP contribution in [-0.2, 0) is 4.79 Å². The fourth-order valence-electron chi connectivity index (χ4n) is 3.31. The number of para-hydroxylation sites is 1. The molecule has 1 N–H and O–H groups in total. The number of hydrogen-bond acceptors (Lipinski definition) is 4. The molecule has 1 aliphatic heterocycles. The largest absolute Gasteiger partial charge is 0.492 e. The zero-order chi connectivity index (χ0) is 19.9. The van der Waals surface area contributed by atoms with E-state index in [0.717, 1.165) is 54.2 Å². The Balaban J connectivity index is 1.41. The minimum absolute atomic E-state index is 0.0328. The van der Waals surface area contributed by atoms with Crippen molar-refractivity contribution in [3.05, 3.63) is 58.6 Å². The van der Waals surface area contributed by atoms with Gasteiger partial charge in [0.15, 0.2) is 0 Å². The van der Waals surface area contributed by atoms with Crippen molar-refractivity contribution >= 4 is 27.5 Å². The van der Waals surface area contributed by atoms with Gasteiger partial charge in [-0.25, -0.2) is 0 Å². The van der Waals surface area contributed by atoms with Crippen molar-refractivity contribution in [1.82, 2.24) is 9.80 Å². The van der Waals surface area contributed by atoms with Gasteiger partial charge in [-0.2, -0.15) is 0 Å². The second-order valence-electron chi connectivity index (χ2n) is 7.19. The third-order valence-corrected chi connectivity index (χ3v) is 5.79. The molecule has 150 valence electrons. The SMILES string of the molecule is Cc1ccc(NC(=O)C(C)N2CCN(CCOc3ccccc3)CC2)c(Br)c1. The molecular weight excluding hydrogens is 418 g/mol. The van der Waals surface area contributed by atoms with E-state index in [1.165, 1.54) is 0 Å². The number of nitrogens with zero attached hydrogens (tertiary/aromatic N) is 2. The average Bonchev–Trinajstić information content (AvgIpc) is 2.71. The Labute approximate surface area is 175 Å². The lowest BCUT2D eigenvalue weighted by atomic mass is 10.2. The van der Waals surface area contributed by atoms with Crippen LogP contribution >= 0.6 is 15.9 Å². The summed E-state index contributed by atoms with van der Waals surface area (Å²) in [4.78, 5) is 17.3. The molecule has 1 unspecified atom stereocenters. The second kappa shape index (κ2) is 10.0. The van der Waals surface area contributed by atoms with Crippen LogP contribution < -0.4 is 10.1 Å².